The van der Waals surface area contributed by atoms with Gasteiger partial charge >= 0.3 is 0 Å². The number of primary amides is 1. The van der Waals surface area contributed by atoms with Gasteiger partial charge < -0.3 is 16.2 Å². The van der Waals surface area contributed by atoms with E-state index in [4.69, 9.17) is 16.2 Å². The first-order chi connectivity index (χ1) is 7.61. The molecule has 1 amide bonds. The maximum atomic E-state index is 11.1. The van der Waals surface area contributed by atoms with Crippen molar-refractivity contribution in [2.24, 2.45) is 11.7 Å². The molecule has 1 fully saturated rings. The summed E-state index contributed by atoms with van der Waals surface area (Å²) in [6, 6.07) is 0.182. The summed E-state index contributed by atoms with van der Waals surface area (Å²) in [5.41, 5.74) is 11.3. The Morgan fingerprint density at radius 2 is 2.44 bits per heavy atom. The molecule has 1 aliphatic heterocycles. The smallest absolute Gasteiger partial charge is 0.254 e. The van der Waals surface area contributed by atoms with Gasteiger partial charge in [0.25, 0.3) is 5.91 Å². The summed E-state index contributed by atoms with van der Waals surface area (Å²) in [6.45, 7) is 3.46. The summed E-state index contributed by atoms with van der Waals surface area (Å²) in [6.07, 6.45) is 2.28. The maximum absolute atomic E-state index is 11.1. The first kappa shape index (κ1) is 10.9. The zero-order chi connectivity index (χ0) is 11.7. The molecule has 1 saturated heterocycles. The lowest BCUT2D eigenvalue weighted by molar-refractivity contribution is 0.0257. The van der Waals surface area contributed by atoms with Gasteiger partial charge in [0, 0.05) is 12.5 Å². The zero-order valence-corrected chi connectivity index (χ0v) is 9.22. The minimum atomic E-state index is -0.538. The summed E-state index contributed by atoms with van der Waals surface area (Å²) >= 11 is 0. The average Bonchev–Trinajstić information content (AvgIpc) is 2.61. The summed E-state index contributed by atoms with van der Waals surface area (Å²) in [7, 11) is 0. The van der Waals surface area contributed by atoms with Crippen molar-refractivity contribution in [3.63, 3.8) is 0 Å². The van der Waals surface area contributed by atoms with Gasteiger partial charge in [0.15, 0.2) is 0 Å². The number of nitrogens with zero attached hydrogens (tertiary/aromatic N) is 2. The third-order valence-corrected chi connectivity index (χ3v) is 3.01. The van der Waals surface area contributed by atoms with Gasteiger partial charge in [-0.25, -0.2) is 4.68 Å². The van der Waals surface area contributed by atoms with Crippen LogP contribution in [0.15, 0.2) is 6.20 Å². The van der Waals surface area contributed by atoms with Crippen molar-refractivity contribution < 1.29 is 9.53 Å². The van der Waals surface area contributed by atoms with Crippen molar-refractivity contribution in [2.75, 3.05) is 18.9 Å². The van der Waals surface area contributed by atoms with Crippen LogP contribution in [0.5, 0.6) is 0 Å². The molecule has 1 aromatic heterocycles. The highest BCUT2D eigenvalue weighted by atomic mass is 16.5. The zero-order valence-electron chi connectivity index (χ0n) is 9.22. The van der Waals surface area contributed by atoms with E-state index in [1.165, 1.54) is 6.20 Å². The topological polar surface area (TPSA) is 96.2 Å². The number of aromatic nitrogens is 2. The fourth-order valence-corrected chi connectivity index (χ4v) is 2.06. The third kappa shape index (κ3) is 1.76. The monoisotopic (exact) mass is 224 g/mol. The van der Waals surface area contributed by atoms with E-state index in [1.54, 1.807) is 4.68 Å². The molecule has 2 atom stereocenters. The van der Waals surface area contributed by atoms with Crippen LogP contribution in [0.1, 0.15) is 29.7 Å². The molecule has 16 heavy (non-hydrogen) atoms. The van der Waals surface area contributed by atoms with Crippen molar-refractivity contribution in [1.29, 1.82) is 0 Å². The van der Waals surface area contributed by atoms with Gasteiger partial charge in [-0.3, -0.25) is 4.79 Å². The van der Waals surface area contributed by atoms with Crippen LogP contribution < -0.4 is 11.5 Å². The molecule has 0 radical (unpaired) electrons. The number of amides is 1. The van der Waals surface area contributed by atoms with Crippen LogP contribution in [0.25, 0.3) is 0 Å². The molecule has 0 aromatic carbocycles. The Kier molecular flexibility index (Phi) is 2.82. The predicted octanol–water partition coefficient (Wildman–Crippen LogP) is 0.162. The van der Waals surface area contributed by atoms with Gasteiger partial charge in [0.2, 0.25) is 0 Å². The lowest BCUT2D eigenvalue weighted by Crippen LogP contribution is -2.29. The Bertz CT molecular complexity index is 402. The SMILES string of the molecule is C[C@@H]1COCCC1n1ncc(C(N)=O)c1N. The number of hydrogen-bond acceptors (Lipinski definition) is 4. The molecule has 88 valence electrons. The van der Waals surface area contributed by atoms with Crippen molar-refractivity contribution in [1.82, 2.24) is 9.78 Å². The average molecular weight is 224 g/mol. The molecule has 0 saturated carbocycles. The van der Waals surface area contributed by atoms with E-state index in [0.29, 0.717) is 30.5 Å². The highest BCUT2D eigenvalue weighted by Crippen LogP contribution is 2.29. The molecule has 2 rings (SSSR count). The second kappa shape index (κ2) is 4.13. The number of anilines is 1. The molecule has 6 nitrogen and oxygen atoms in total. The number of rotatable bonds is 2. The Balaban J connectivity index is 2.29. The molecule has 1 unspecified atom stereocenters. The molecular weight excluding hydrogens is 208 g/mol. The molecule has 2 heterocycles. The number of carbonyl (C=O) groups is 1. The Morgan fingerprint density at radius 1 is 1.69 bits per heavy atom. The van der Waals surface area contributed by atoms with Crippen molar-refractivity contribution in [3.05, 3.63) is 11.8 Å². The van der Waals surface area contributed by atoms with Crippen LogP contribution in [0, 0.1) is 5.92 Å². The van der Waals surface area contributed by atoms with E-state index >= 15 is 0 Å². The van der Waals surface area contributed by atoms with Gasteiger partial charge in [-0.2, -0.15) is 5.10 Å². The molecule has 6 heteroatoms. The van der Waals surface area contributed by atoms with Gasteiger partial charge in [-0.1, -0.05) is 6.92 Å². The van der Waals surface area contributed by atoms with E-state index in [9.17, 15) is 4.79 Å². The van der Waals surface area contributed by atoms with Gasteiger partial charge in [-0.05, 0) is 6.42 Å². The lowest BCUT2D eigenvalue weighted by atomic mass is 9.98. The van der Waals surface area contributed by atoms with Crippen LogP contribution in [0.3, 0.4) is 0 Å². The summed E-state index contributed by atoms with van der Waals surface area (Å²) < 4.78 is 7.04. The molecular formula is C10H16N4O2. The summed E-state index contributed by atoms with van der Waals surface area (Å²) in [5.74, 6) is 0.145. The Labute approximate surface area is 93.5 Å². The van der Waals surface area contributed by atoms with Crippen molar-refractivity contribution in [2.45, 2.75) is 19.4 Å². The van der Waals surface area contributed by atoms with E-state index in [1.807, 2.05) is 0 Å². The lowest BCUT2D eigenvalue weighted by Gasteiger charge is -2.29. The molecule has 4 N–H and O–H groups in total. The van der Waals surface area contributed by atoms with E-state index in [0.717, 1.165) is 6.42 Å². The maximum Gasteiger partial charge on any atom is 0.254 e. The molecule has 0 spiro atoms. The fraction of sp³-hybridized carbons (Fsp3) is 0.600. The fourth-order valence-electron chi connectivity index (χ4n) is 2.06. The van der Waals surface area contributed by atoms with Crippen molar-refractivity contribution in [3.8, 4) is 0 Å². The predicted molar refractivity (Wildman–Crippen MR) is 58.8 cm³/mol. The molecule has 1 aromatic rings. The number of nitrogens with two attached hydrogens (primary N) is 2. The van der Waals surface area contributed by atoms with Crippen LogP contribution in [0.2, 0.25) is 0 Å². The number of hydrogen-bond donors (Lipinski definition) is 2. The van der Waals surface area contributed by atoms with Crippen LogP contribution >= 0.6 is 0 Å². The third-order valence-electron chi connectivity index (χ3n) is 3.01. The van der Waals surface area contributed by atoms with Crippen molar-refractivity contribution >= 4 is 11.7 Å². The first-order valence-electron chi connectivity index (χ1n) is 5.31. The normalized spacial score (nSPS) is 25.6. The quantitative estimate of drug-likeness (QED) is 0.748. The number of nitrogen functional groups attached to an aromatic ring is 1. The van der Waals surface area contributed by atoms with E-state index in [2.05, 4.69) is 12.0 Å². The van der Waals surface area contributed by atoms with Gasteiger partial charge in [0.1, 0.15) is 11.4 Å². The minimum Gasteiger partial charge on any atom is -0.383 e. The summed E-state index contributed by atoms with van der Waals surface area (Å²) in [4.78, 5) is 11.1. The molecule has 0 aliphatic carbocycles. The van der Waals surface area contributed by atoms with Crippen LogP contribution in [-0.2, 0) is 4.74 Å². The second-order valence-electron chi connectivity index (χ2n) is 4.16. The number of carbonyl (C=O) groups excluding carboxylic acids is 1. The Hall–Kier alpha value is -1.56. The van der Waals surface area contributed by atoms with E-state index in [-0.39, 0.29) is 6.04 Å². The van der Waals surface area contributed by atoms with E-state index < -0.39 is 5.91 Å². The first-order valence-corrected chi connectivity index (χ1v) is 5.31. The van der Waals surface area contributed by atoms with Crippen LogP contribution in [-0.4, -0.2) is 28.9 Å². The summed E-state index contributed by atoms with van der Waals surface area (Å²) in [5, 5.41) is 4.15. The van der Waals surface area contributed by atoms with Gasteiger partial charge in [-0.15, -0.1) is 0 Å². The number of ether oxygens (including phenoxy) is 1. The standard InChI is InChI=1S/C10H16N4O2/c1-6-5-16-3-2-8(6)14-9(11)7(4-13-14)10(12)15/h4,6,8H,2-3,5,11H2,1H3,(H2,12,15)/t6-,8?/m1/s1. The molecule has 1 aliphatic rings. The molecule has 0 bridgehead atoms. The second-order valence-corrected chi connectivity index (χ2v) is 4.16. The highest BCUT2D eigenvalue weighted by Gasteiger charge is 2.27. The Morgan fingerprint density at radius 3 is 3.00 bits per heavy atom. The highest BCUT2D eigenvalue weighted by molar-refractivity contribution is 5.96. The minimum absolute atomic E-state index is 0.182. The van der Waals surface area contributed by atoms with Gasteiger partial charge in [0.05, 0.1) is 18.8 Å². The van der Waals surface area contributed by atoms with Crippen LogP contribution in [0.4, 0.5) is 5.82 Å². The largest absolute Gasteiger partial charge is 0.383 e.